The summed E-state index contributed by atoms with van der Waals surface area (Å²) in [5, 5.41) is 7.87. The fourth-order valence-electron chi connectivity index (χ4n) is 0.488. The van der Waals surface area contributed by atoms with E-state index in [0.717, 1.165) is 0 Å². The molecule has 0 saturated carbocycles. The van der Waals surface area contributed by atoms with Crippen LogP contribution in [0.2, 0.25) is 0 Å². The largest absolute Gasteiger partial charge is 0.414 e. The van der Waals surface area contributed by atoms with Crippen LogP contribution in [0.15, 0.2) is 9.64 Å². The molecule has 0 aliphatic rings. The van der Waals surface area contributed by atoms with Gasteiger partial charge in [-0.2, -0.15) is 0 Å². The predicted molar refractivity (Wildman–Crippen MR) is 39.9 cm³/mol. The molecule has 1 heterocycles. The number of aromatic nitrogens is 2. The number of thioether (sulfide) groups is 1. The highest BCUT2D eigenvalue weighted by Gasteiger charge is 2.03. The third-order valence-corrected chi connectivity index (χ3v) is 1.69. The van der Waals surface area contributed by atoms with Crippen LogP contribution in [-0.4, -0.2) is 23.2 Å². The Labute approximate surface area is 68.3 Å². The summed E-state index contributed by atoms with van der Waals surface area (Å²) < 4.78 is 9.86. The third kappa shape index (κ3) is 2.49. The van der Waals surface area contributed by atoms with Crippen LogP contribution < -0.4 is 5.73 Å². The van der Waals surface area contributed by atoms with Crippen molar-refractivity contribution in [3.63, 3.8) is 0 Å². The molecule has 1 aromatic rings. The number of ether oxygens (including phenoxy) is 1. The van der Waals surface area contributed by atoms with E-state index in [-0.39, 0.29) is 6.54 Å². The van der Waals surface area contributed by atoms with Gasteiger partial charge in [-0.1, -0.05) is 0 Å². The standard InChI is InChI=1S/C5H9N3O2S/c1-9-3-11-5-8-7-4(2-6)10-5/h2-3,6H2,1H3. The number of hydrogen-bond acceptors (Lipinski definition) is 6. The summed E-state index contributed by atoms with van der Waals surface area (Å²) in [7, 11) is 1.60. The number of rotatable bonds is 4. The van der Waals surface area contributed by atoms with Crippen molar-refractivity contribution in [2.24, 2.45) is 5.73 Å². The molecule has 11 heavy (non-hydrogen) atoms. The van der Waals surface area contributed by atoms with E-state index in [1.807, 2.05) is 0 Å². The molecule has 0 unspecified atom stereocenters. The molecule has 0 bridgehead atoms. The zero-order chi connectivity index (χ0) is 8.10. The second kappa shape index (κ2) is 4.32. The Morgan fingerprint density at radius 1 is 1.64 bits per heavy atom. The average molecular weight is 175 g/mol. The Morgan fingerprint density at radius 3 is 3.00 bits per heavy atom. The molecule has 0 fully saturated rings. The minimum Gasteiger partial charge on any atom is -0.414 e. The number of methoxy groups -OCH3 is 1. The first-order chi connectivity index (χ1) is 5.36. The van der Waals surface area contributed by atoms with E-state index in [4.69, 9.17) is 14.9 Å². The lowest BCUT2D eigenvalue weighted by atomic mass is 10.7. The molecule has 0 amide bonds. The first-order valence-electron chi connectivity index (χ1n) is 3.01. The van der Waals surface area contributed by atoms with Crippen molar-refractivity contribution in [3.8, 4) is 0 Å². The van der Waals surface area contributed by atoms with Crippen molar-refractivity contribution >= 4 is 11.8 Å². The van der Waals surface area contributed by atoms with Crippen molar-refractivity contribution in [2.75, 3.05) is 13.0 Å². The second-order valence-corrected chi connectivity index (χ2v) is 2.59. The summed E-state index contributed by atoms with van der Waals surface area (Å²) in [6.07, 6.45) is 0. The van der Waals surface area contributed by atoms with Gasteiger partial charge >= 0.3 is 0 Å². The van der Waals surface area contributed by atoms with Crippen LogP contribution in [0.5, 0.6) is 0 Å². The minimum absolute atomic E-state index is 0.278. The molecule has 0 radical (unpaired) electrons. The summed E-state index contributed by atoms with van der Waals surface area (Å²) >= 11 is 1.34. The first kappa shape index (κ1) is 8.51. The Hall–Kier alpha value is -0.590. The van der Waals surface area contributed by atoms with Crippen molar-refractivity contribution in [3.05, 3.63) is 5.89 Å². The summed E-state index contributed by atoms with van der Waals surface area (Å²) in [4.78, 5) is 0. The van der Waals surface area contributed by atoms with E-state index in [1.54, 1.807) is 7.11 Å². The molecule has 0 saturated heterocycles. The number of nitrogens with zero attached hydrogens (tertiary/aromatic N) is 2. The Balaban J connectivity index is 2.44. The molecular formula is C5H9N3O2S. The maximum Gasteiger partial charge on any atom is 0.278 e. The highest BCUT2D eigenvalue weighted by Crippen LogP contribution is 2.14. The van der Waals surface area contributed by atoms with E-state index >= 15 is 0 Å². The smallest absolute Gasteiger partial charge is 0.278 e. The van der Waals surface area contributed by atoms with Gasteiger partial charge in [0.1, 0.15) is 5.94 Å². The molecule has 1 rings (SSSR count). The van der Waals surface area contributed by atoms with Gasteiger partial charge in [-0.25, -0.2) is 0 Å². The number of hydrogen-bond donors (Lipinski definition) is 1. The van der Waals surface area contributed by atoms with Crippen molar-refractivity contribution in [2.45, 2.75) is 11.8 Å². The molecule has 0 spiro atoms. The molecule has 1 aromatic heterocycles. The Kier molecular flexibility index (Phi) is 3.34. The third-order valence-electron chi connectivity index (χ3n) is 0.923. The normalized spacial score (nSPS) is 10.4. The van der Waals surface area contributed by atoms with Gasteiger partial charge in [-0.15, -0.1) is 10.2 Å². The van der Waals surface area contributed by atoms with E-state index in [1.165, 1.54) is 11.8 Å². The quantitative estimate of drug-likeness (QED) is 0.521. The van der Waals surface area contributed by atoms with Gasteiger partial charge in [0.15, 0.2) is 0 Å². The Bertz CT molecular complexity index is 215. The summed E-state index contributed by atoms with van der Waals surface area (Å²) in [5.41, 5.74) is 5.26. The lowest BCUT2D eigenvalue weighted by Gasteiger charge is -1.90. The van der Waals surface area contributed by atoms with Crippen LogP contribution in [0.3, 0.4) is 0 Å². The molecule has 5 nitrogen and oxygen atoms in total. The summed E-state index contributed by atoms with van der Waals surface area (Å²) in [6, 6.07) is 0. The van der Waals surface area contributed by atoms with E-state index < -0.39 is 0 Å². The lowest BCUT2D eigenvalue weighted by molar-refractivity contribution is 0.257. The zero-order valence-corrected chi connectivity index (χ0v) is 6.93. The molecule has 2 N–H and O–H groups in total. The van der Waals surface area contributed by atoms with Crippen LogP contribution in [-0.2, 0) is 11.3 Å². The first-order valence-corrected chi connectivity index (χ1v) is 3.99. The van der Waals surface area contributed by atoms with Crippen LogP contribution >= 0.6 is 11.8 Å². The van der Waals surface area contributed by atoms with Gasteiger partial charge in [0.2, 0.25) is 5.89 Å². The summed E-state index contributed by atoms with van der Waals surface area (Å²) in [6.45, 7) is 0.278. The second-order valence-electron chi connectivity index (χ2n) is 1.72. The van der Waals surface area contributed by atoms with Crippen LogP contribution in [0.4, 0.5) is 0 Å². The van der Waals surface area contributed by atoms with Gasteiger partial charge in [0, 0.05) is 7.11 Å². The molecule has 6 heteroatoms. The minimum atomic E-state index is 0.278. The highest BCUT2D eigenvalue weighted by atomic mass is 32.2. The highest BCUT2D eigenvalue weighted by molar-refractivity contribution is 7.98. The van der Waals surface area contributed by atoms with Gasteiger partial charge in [0.05, 0.1) is 6.54 Å². The molecule has 0 aliphatic heterocycles. The van der Waals surface area contributed by atoms with E-state index in [9.17, 15) is 0 Å². The Morgan fingerprint density at radius 2 is 2.45 bits per heavy atom. The molecule has 0 aromatic carbocycles. The number of nitrogens with two attached hydrogens (primary N) is 1. The van der Waals surface area contributed by atoms with Crippen LogP contribution in [0.1, 0.15) is 5.89 Å². The van der Waals surface area contributed by atoms with Crippen LogP contribution in [0.25, 0.3) is 0 Å². The van der Waals surface area contributed by atoms with E-state index in [2.05, 4.69) is 10.2 Å². The van der Waals surface area contributed by atoms with E-state index in [0.29, 0.717) is 17.1 Å². The van der Waals surface area contributed by atoms with Crippen LogP contribution in [0, 0.1) is 0 Å². The van der Waals surface area contributed by atoms with Gasteiger partial charge < -0.3 is 14.9 Å². The molecule has 0 aliphatic carbocycles. The van der Waals surface area contributed by atoms with Gasteiger partial charge in [-0.05, 0) is 11.8 Å². The topological polar surface area (TPSA) is 74.2 Å². The molecule has 62 valence electrons. The SMILES string of the molecule is COCSc1nnc(CN)o1. The monoisotopic (exact) mass is 175 g/mol. The maximum absolute atomic E-state index is 5.26. The maximum atomic E-state index is 5.26. The van der Waals surface area contributed by atoms with Gasteiger partial charge in [-0.3, -0.25) is 0 Å². The zero-order valence-electron chi connectivity index (χ0n) is 6.11. The fraction of sp³-hybridized carbons (Fsp3) is 0.600. The predicted octanol–water partition coefficient (Wildman–Crippen LogP) is 0.224. The molecule has 0 atom stereocenters. The van der Waals surface area contributed by atoms with Gasteiger partial charge in [0.25, 0.3) is 5.22 Å². The van der Waals surface area contributed by atoms with Crippen molar-refractivity contribution in [1.29, 1.82) is 0 Å². The molecular weight excluding hydrogens is 166 g/mol. The lowest BCUT2D eigenvalue weighted by Crippen LogP contribution is -1.95. The fourth-order valence-corrected chi connectivity index (χ4v) is 0.961. The van der Waals surface area contributed by atoms with Crippen molar-refractivity contribution in [1.82, 2.24) is 10.2 Å². The summed E-state index contributed by atoms with van der Waals surface area (Å²) in [5.74, 6) is 0.954. The van der Waals surface area contributed by atoms with Crippen molar-refractivity contribution < 1.29 is 9.15 Å². The average Bonchev–Trinajstić information content (AvgIpc) is 2.48.